The van der Waals surface area contributed by atoms with E-state index in [1.165, 1.54) is 16.7 Å². The molecule has 0 spiro atoms. The number of ether oxygens (including phenoxy) is 2. The Morgan fingerprint density at radius 1 is 1.19 bits per heavy atom. The van der Waals surface area contributed by atoms with Crippen molar-refractivity contribution in [2.75, 3.05) is 18.9 Å². The molecule has 1 fully saturated rings. The van der Waals surface area contributed by atoms with Gasteiger partial charge in [0, 0.05) is 30.8 Å². The van der Waals surface area contributed by atoms with Crippen molar-refractivity contribution in [1.29, 1.82) is 0 Å². The first-order chi connectivity index (χ1) is 14.9. The number of esters is 1. The first kappa shape index (κ1) is 25.8. The van der Waals surface area contributed by atoms with Gasteiger partial charge in [-0.1, -0.05) is 0 Å². The van der Waals surface area contributed by atoms with Crippen LogP contribution in [0.2, 0.25) is 0 Å². The number of nitrogens with one attached hydrogen (secondary N) is 1. The molecule has 1 aliphatic rings. The molecule has 0 radical (unpaired) electrons. The van der Waals surface area contributed by atoms with Gasteiger partial charge in [-0.25, -0.2) is 22.8 Å². The number of amides is 2. The minimum Gasteiger partial charge on any atom is -0.464 e. The van der Waals surface area contributed by atoms with Crippen LogP contribution in [0.1, 0.15) is 39.7 Å². The van der Waals surface area contributed by atoms with E-state index in [2.05, 4.69) is 5.32 Å². The highest BCUT2D eigenvalue weighted by Crippen LogP contribution is 2.26. The van der Waals surface area contributed by atoms with E-state index in [0.29, 0.717) is 24.4 Å². The van der Waals surface area contributed by atoms with E-state index in [-0.39, 0.29) is 25.0 Å². The Morgan fingerprint density at radius 3 is 2.47 bits per heavy atom. The second kappa shape index (κ2) is 10.9. The molecule has 2 atom stereocenters. The van der Waals surface area contributed by atoms with Gasteiger partial charge >= 0.3 is 12.1 Å². The average molecular weight is 477 g/mol. The number of hydrogen-bond donors (Lipinski definition) is 1. The van der Waals surface area contributed by atoms with Crippen LogP contribution in [-0.2, 0) is 25.5 Å². The zero-order valence-electron chi connectivity index (χ0n) is 18.4. The first-order valence-corrected chi connectivity index (χ1v) is 11.2. The zero-order chi connectivity index (χ0) is 24.1. The number of halogens is 3. The van der Waals surface area contributed by atoms with Crippen molar-refractivity contribution < 1.29 is 37.0 Å². The third-order valence-corrected chi connectivity index (χ3v) is 5.58. The van der Waals surface area contributed by atoms with Crippen LogP contribution in [0, 0.1) is 17.5 Å². The largest absolute Gasteiger partial charge is 0.464 e. The molecule has 7 nitrogen and oxygen atoms in total. The van der Waals surface area contributed by atoms with Crippen molar-refractivity contribution in [1.82, 2.24) is 10.2 Å². The summed E-state index contributed by atoms with van der Waals surface area (Å²) >= 11 is 1.25. The van der Waals surface area contributed by atoms with Crippen LogP contribution in [0.5, 0.6) is 0 Å². The molecular weight excluding hydrogens is 449 g/mol. The Balaban J connectivity index is 2.20. The molecule has 2 rings (SSSR count). The highest BCUT2D eigenvalue weighted by Gasteiger charge is 2.37. The van der Waals surface area contributed by atoms with Crippen molar-refractivity contribution in [3.8, 4) is 0 Å². The lowest BCUT2D eigenvalue weighted by Crippen LogP contribution is -2.46. The number of carbonyl (C=O) groups excluding carboxylic acids is 3. The summed E-state index contributed by atoms with van der Waals surface area (Å²) in [5.74, 6) is -4.10. The molecule has 1 heterocycles. The fourth-order valence-electron chi connectivity index (χ4n) is 3.10. The van der Waals surface area contributed by atoms with Crippen molar-refractivity contribution in [3.63, 3.8) is 0 Å². The predicted octanol–water partition coefficient (Wildman–Crippen LogP) is 3.39. The molecule has 1 unspecified atom stereocenters. The summed E-state index contributed by atoms with van der Waals surface area (Å²) < 4.78 is 51.3. The number of benzene rings is 1. The van der Waals surface area contributed by atoms with Crippen molar-refractivity contribution in [2.24, 2.45) is 0 Å². The van der Waals surface area contributed by atoms with Gasteiger partial charge in [-0.15, -0.1) is 11.8 Å². The average Bonchev–Trinajstić information content (AvgIpc) is 3.14. The third-order valence-electron chi connectivity index (χ3n) is 4.40. The Hall–Kier alpha value is -2.43. The summed E-state index contributed by atoms with van der Waals surface area (Å²) in [6, 6.07) is 0.0990. The van der Waals surface area contributed by atoms with Gasteiger partial charge in [0.1, 0.15) is 11.4 Å². The van der Waals surface area contributed by atoms with Crippen molar-refractivity contribution in [2.45, 2.75) is 57.6 Å². The minimum atomic E-state index is -1.34. The summed E-state index contributed by atoms with van der Waals surface area (Å²) in [5, 5.41) is 1.68. The smallest absolute Gasteiger partial charge is 0.407 e. The molecular formula is C21H27F3N2O5S. The van der Waals surface area contributed by atoms with Gasteiger partial charge in [0.05, 0.1) is 6.61 Å². The molecule has 0 aliphatic carbocycles. The lowest BCUT2D eigenvalue weighted by Gasteiger charge is -2.27. The van der Waals surface area contributed by atoms with Gasteiger partial charge in [-0.3, -0.25) is 4.79 Å². The molecule has 11 heteroatoms. The molecule has 2 amide bonds. The molecule has 1 aromatic rings. The summed E-state index contributed by atoms with van der Waals surface area (Å²) in [7, 11) is 0. The molecule has 1 aromatic carbocycles. The van der Waals surface area contributed by atoms with E-state index in [4.69, 9.17) is 9.47 Å². The number of nitrogens with zero attached hydrogens (tertiary/aromatic N) is 1. The lowest BCUT2D eigenvalue weighted by atomic mass is 10.0. The molecule has 1 aliphatic heterocycles. The van der Waals surface area contributed by atoms with Gasteiger partial charge in [-0.05, 0) is 45.7 Å². The van der Waals surface area contributed by atoms with E-state index < -0.39 is 52.4 Å². The summed E-state index contributed by atoms with van der Waals surface area (Å²) in [6.45, 7) is 7.05. The Labute approximate surface area is 189 Å². The standard InChI is InChI=1S/C21H27F3N2O5S/c1-5-30-19(28)18-26(6-7-32-18)17(27)10-13(25-20(29)31-21(2,3)4)8-12-9-15(23)16(24)11-14(12)22/h9,11,13,18H,5-8,10H2,1-4H3,(H,25,29)/t13?,18-/m1/s1. The Kier molecular flexibility index (Phi) is 8.82. The van der Waals surface area contributed by atoms with E-state index in [1.54, 1.807) is 27.7 Å². The van der Waals surface area contributed by atoms with E-state index in [0.717, 1.165) is 0 Å². The van der Waals surface area contributed by atoms with Gasteiger partial charge in [0.15, 0.2) is 17.0 Å². The topological polar surface area (TPSA) is 84.9 Å². The van der Waals surface area contributed by atoms with Crippen molar-refractivity contribution >= 4 is 29.7 Å². The maximum Gasteiger partial charge on any atom is 0.407 e. The quantitative estimate of drug-likeness (QED) is 0.480. The van der Waals surface area contributed by atoms with Crippen LogP contribution in [0.3, 0.4) is 0 Å². The Morgan fingerprint density at radius 2 is 1.84 bits per heavy atom. The first-order valence-electron chi connectivity index (χ1n) is 10.1. The fraction of sp³-hybridized carbons (Fsp3) is 0.571. The molecule has 178 valence electrons. The maximum absolute atomic E-state index is 14.2. The summed E-state index contributed by atoms with van der Waals surface area (Å²) in [4.78, 5) is 38.6. The van der Waals surface area contributed by atoms with Crippen LogP contribution >= 0.6 is 11.8 Å². The second-order valence-electron chi connectivity index (χ2n) is 8.17. The monoisotopic (exact) mass is 476 g/mol. The van der Waals surface area contributed by atoms with Crippen LogP contribution in [0.15, 0.2) is 12.1 Å². The van der Waals surface area contributed by atoms with E-state index in [9.17, 15) is 27.6 Å². The van der Waals surface area contributed by atoms with Crippen LogP contribution in [0.4, 0.5) is 18.0 Å². The van der Waals surface area contributed by atoms with Gasteiger partial charge in [-0.2, -0.15) is 0 Å². The normalized spacial score (nSPS) is 17.1. The molecule has 32 heavy (non-hydrogen) atoms. The number of rotatable bonds is 7. The molecule has 1 saturated heterocycles. The lowest BCUT2D eigenvalue weighted by molar-refractivity contribution is -0.150. The third kappa shape index (κ3) is 7.32. The highest BCUT2D eigenvalue weighted by molar-refractivity contribution is 8.00. The number of thioether (sulfide) groups is 1. The van der Waals surface area contributed by atoms with E-state index >= 15 is 0 Å². The molecule has 0 aromatic heterocycles. The number of carbonyl (C=O) groups is 3. The van der Waals surface area contributed by atoms with Crippen molar-refractivity contribution in [3.05, 3.63) is 35.1 Å². The molecule has 1 N–H and O–H groups in total. The summed E-state index contributed by atoms with van der Waals surface area (Å²) in [6.07, 6.45) is -1.45. The molecule has 0 saturated carbocycles. The second-order valence-corrected chi connectivity index (χ2v) is 9.36. The fourth-order valence-corrected chi connectivity index (χ4v) is 4.23. The van der Waals surface area contributed by atoms with E-state index in [1.807, 2.05) is 0 Å². The molecule has 0 bridgehead atoms. The highest BCUT2D eigenvalue weighted by atomic mass is 32.2. The predicted molar refractivity (Wildman–Crippen MR) is 112 cm³/mol. The maximum atomic E-state index is 14.2. The SMILES string of the molecule is CCOC(=O)[C@H]1SCCN1C(=O)CC(Cc1cc(F)c(F)cc1F)NC(=O)OC(C)(C)C. The van der Waals surface area contributed by atoms with Gasteiger partial charge < -0.3 is 19.7 Å². The van der Waals surface area contributed by atoms with Gasteiger partial charge in [0.25, 0.3) is 0 Å². The van der Waals surface area contributed by atoms with Crippen LogP contribution in [0.25, 0.3) is 0 Å². The van der Waals surface area contributed by atoms with Gasteiger partial charge in [0.2, 0.25) is 5.91 Å². The number of hydrogen-bond acceptors (Lipinski definition) is 6. The zero-order valence-corrected chi connectivity index (χ0v) is 19.2. The number of alkyl carbamates (subject to hydrolysis) is 1. The minimum absolute atomic E-state index is 0.163. The Bertz CT molecular complexity index is 863. The van der Waals surface area contributed by atoms with Crippen LogP contribution in [-0.4, -0.2) is 58.8 Å². The van der Waals surface area contributed by atoms with Crippen LogP contribution < -0.4 is 5.32 Å². The summed E-state index contributed by atoms with van der Waals surface area (Å²) in [5.41, 5.74) is -1.04.